The van der Waals surface area contributed by atoms with Crippen LogP contribution < -0.4 is 10.6 Å². The van der Waals surface area contributed by atoms with Gasteiger partial charge in [0.1, 0.15) is 6.04 Å². The zero-order valence-electron chi connectivity index (χ0n) is 13.4. The van der Waals surface area contributed by atoms with Gasteiger partial charge in [-0.15, -0.1) is 0 Å². The van der Waals surface area contributed by atoms with Crippen molar-refractivity contribution in [2.24, 2.45) is 5.41 Å². The maximum absolute atomic E-state index is 12.2. The van der Waals surface area contributed by atoms with E-state index in [1.54, 1.807) is 21.6 Å². The fraction of sp³-hybridized carbons (Fsp3) is 0.867. The number of nitrogens with one attached hydrogen (secondary N) is 2. The topological polar surface area (TPSA) is 58.2 Å². The maximum Gasteiger partial charge on any atom is 0.243 e. The maximum atomic E-state index is 12.2. The molecule has 4 nitrogen and oxygen atoms in total. The quantitative estimate of drug-likeness (QED) is 0.556. The molecule has 0 aliphatic carbocycles. The molecule has 1 fully saturated rings. The first-order chi connectivity index (χ1) is 9.97. The predicted molar refractivity (Wildman–Crippen MR) is 92.4 cm³/mol. The van der Waals surface area contributed by atoms with Crippen molar-refractivity contribution in [2.45, 2.75) is 58.9 Å². The third kappa shape index (κ3) is 6.96. The molecular weight excluding hydrogens is 304 g/mol. The monoisotopic (exact) mass is 332 g/mol. The van der Waals surface area contributed by atoms with Gasteiger partial charge < -0.3 is 10.6 Å². The summed E-state index contributed by atoms with van der Waals surface area (Å²) in [4.78, 5) is 24.3. The van der Waals surface area contributed by atoms with Crippen LogP contribution in [0.2, 0.25) is 0 Å². The molecule has 2 N–H and O–H groups in total. The Morgan fingerprint density at radius 3 is 2.71 bits per heavy atom. The highest BCUT2D eigenvalue weighted by Crippen LogP contribution is 2.32. The number of carbonyl (C=O) groups is 2. The highest BCUT2D eigenvalue weighted by Gasteiger charge is 2.33. The van der Waals surface area contributed by atoms with E-state index in [4.69, 9.17) is 0 Å². The molecule has 6 heteroatoms. The fourth-order valence-corrected chi connectivity index (χ4v) is 4.78. The first kappa shape index (κ1) is 18.7. The van der Waals surface area contributed by atoms with Crippen LogP contribution in [0.25, 0.3) is 0 Å². The Morgan fingerprint density at radius 2 is 2.00 bits per heavy atom. The van der Waals surface area contributed by atoms with Gasteiger partial charge in [0, 0.05) is 18.1 Å². The summed E-state index contributed by atoms with van der Waals surface area (Å²) < 4.78 is 0. The lowest BCUT2D eigenvalue weighted by atomic mass is 9.95. The summed E-state index contributed by atoms with van der Waals surface area (Å²) in [6, 6.07) is -0.412. The molecule has 2 amide bonds. The van der Waals surface area contributed by atoms with E-state index in [-0.39, 0.29) is 11.8 Å². The van der Waals surface area contributed by atoms with Crippen LogP contribution >= 0.6 is 21.6 Å². The second-order valence-corrected chi connectivity index (χ2v) is 8.67. The van der Waals surface area contributed by atoms with Gasteiger partial charge >= 0.3 is 0 Å². The Bertz CT molecular complexity index is 349. The lowest BCUT2D eigenvalue weighted by Gasteiger charge is -2.29. The molecule has 0 aromatic rings. The predicted octanol–water partition coefficient (Wildman–Crippen LogP) is 2.98. The van der Waals surface area contributed by atoms with Crippen molar-refractivity contribution in [3.63, 3.8) is 0 Å². The Hall–Kier alpha value is -0.360. The van der Waals surface area contributed by atoms with Crippen molar-refractivity contribution in [3.05, 3.63) is 0 Å². The van der Waals surface area contributed by atoms with Crippen molar-refractivity contribution >= 4 is 33.4 Å². The average molecular weight is 333 g/mol. The summed E-state index contributed by atoms with van der Waals surface area (Å²) in [5, 5.41) is 5.83. The van der Waals surface area contributed by atoms with Crippen molar-refractivity contribution < 1.29 is 9.59 Å². The molecule has 0 aromatic carbocycles. The van der Waals surface area contributed by atoms with Crippen LogP contribution in [-0.2, 0) is 9.59 Å². The molecule has 1 rings (SSSR count). The highest BCUT2D eigenvalue weighted by atomic mass is 33.1. The number of amides is 2. The van der Waals surface area contributed by atoms with Crippen LogP contribution in [0.1, 0.15) is 52.9 Å². The van der Waals surface area contributed by atoms with Crippen molar-refractivity contribution in [2.75, 3.05) is 18.1 Å². The summed E-state index contributed by atoms with van der Waals surface area (Å²) in [6.07, 6.45) is 5.89. The van der Waals surface area contributed by atoms with E-state index in [0.717, 1.165) is 18.6 Å². The summed E-state index contributed by atoms with van der Waals surface area (Å²) in [6.45, 7) is 6.74. The second-order valence-electron chi connectivity index (χ2n) is 6.16. The number of unbranched alkanes of at least 4 members (excludes halogenated alkanes) is 4. The number of rotatable bonds is 7. The molecule has 0 saturated carbocycles. The minimum absolute atomic E-state index is 0.0293. The molecule has 21 heavy (non-hydrogen) atoms. The lowest BCUT2D eigenvalue weighted by molar-refractivity contribution is -0.132. The Labute approximate surface area is 136 Å². The van der Waals surface area contributed by atoms with Crippen LogP contribution in [0.4, 0.5) is 0 Å². The molecule has 1 aliphatic heterocycles. The van der Waals surface area contributed by atoms with E-state index in [0.29, 0.717) is 12.3 Å². The molecule has 122 valence electrons. The molecule has 0 aromatic heterocycles. The zero-order chi connectivity index (χ0) is 15.7. The van der Waals surface area contributed by atoms with Crippen LogP contribution in [-0.4, -0.2) is 35.9 Å². The molecule has 1 aliphatic rings. The second kappa shape index (κ2) is 9.62. The summed E-state index contributed by atoms with van der Waals surface area (Å²) >= 11 is 0. The first-order valence-corrected chi connectivity index (χ1v) is 10.3. The van der Waals surface area contributed by atoms with Gasteiger partial charge in [-0.25, -0.2) is 0 Å². The van der Waals surface area contributed by atoms with Crippen LogP contribution in [0.3, 0.4) is 0 Å². The fourth-order valence-electron chi connectivity index (χ4n) is 1.97. The third-order valence-electron chi connectivity index (χ3n) is 3.55. The Balaban J connectivity index is 2.33. The van der Waals surface area contributed by atoms with Crippen LogP contribution in [0.15, 0.2) is 0 Å². The summed E-state index contributed by atoms with van der Waals surface area (Å²) in [7, 11) is 3.34. The number of hydrogen-bond donors (Lipinski definition) is 2. The van der Waals surface area contributed by atoms with E-state index in [1.165, 1.54) is 19.3 Å². The van der Waals surface area contributed by atoms with E-state index in [1.807, 2.05) is 13.8 Å². The van der Waals surface area contributed by atoms with Gasteiger partial charge in [0.25, 0.3) is 0 Å². The summed E-state index contributed by atoms with van der Waals surface area (Å²) in [5.74, 6) is 1.33. The van der Waals surface area contributed by atoms with Crippen molar-refractivity contribution in [3.8, 4) is 0 Å². The standard InChI is InChI=1S/C15H28N2O2S2/c1-4-5-6-7-8-9-16-13(18)12-10-20-21-11-15(2,3)14(19)17-12/h12H,4-11H2,1-3H3,(H,16,18)(H,17,19). The van der Waals surface area contributed by atoms with Gasteiger partial charge in [-0.1, -0.05) is 68.0 Å². The molecule has 0 spiro atoms. The molecule has 0 radical (unpaired) electrons. The Kier molecular flexibility index (Phi) is 8.56. The number of carbonyl (C=O) groups excluding carboxylic acids is 2. The average Bonchev–Trinajstić information content (AvgIpc) is 2.44. The molecule has 1 atom stereocenters. The van der Waals surface area contributed by atoms with Gasteiger partial charge in [0.2, 0.25) is 11.8 Å². The summed E-state index contributed by atoms with van der Waals surface area (Å²) in [5.41, 5.74) is -0.420. The van der Waals surface area contributed by atoms with Crippen LogP contribution in [0.5, 0.6) is 0 Å². The molecule has 0 bridgehead atoms. The molecule has 1 unspecified atom stereocenters. The van der Waals surface area contributed by atoms with Gasteiger partial charge in [-0.2, -0.15) is 0 Å². The minimum atomic E-state index is -0.420. The first-order valence-electron chi connectivity index (χ1n) is 7.80. The normalized spacial score (nSPS) is 22.0. The van der Waals surface area contributed by atoms with E-state index < -0.39 is 11.5 Å². The van der Waals surface area contributed by atoms with Gasteiger partial charge in [0.15, 0.2) is 0 Å². The Morgan fingerprint density at radius 1 is 1.29 bits per heavy atom. The lowest BCUT2D eigenvalue weighted by Crippen LogP contribution is -2.53. The van der Waals surface area contributed by atoms with Crippen molar-refractivity contribution in [1.82, 2.24) is 10.6 Å². The van der Waals surface area contributed by atoms with Gasteiger partial charge in [-0.05, 0) is 6.42 Å². The highest BCUT2D eigenvalue weighted by molar-refractivity contribution is 8.76. The zero-order valence-corrected chi connectivity index (χ0v) is 15.0. The van der Waals surface area contributed by atoms with E-state index in [2.05, 4.69) is 17.6 Å². The molecule has 1 heterocycles. The SMILES string of the molecule is CCCCCCCNC(=O)C1CSSCC(C)(C)C(=O)N1. The number of hydrogen-bond acceptors (Lipinski definition) is 4. The van der Waals surface area contributed by atoms with Crippen molar-refractivity contribution in [1.29, 1.82) is 0 Å². The van der Waals surface area contributed by atoms with Gasteiger partial charge in [0.05, 0.1) is 5.41 Å². The molecule has 1 saturated heterocycles. The van der Waals surface area contributed by atoms with Gasteiger partial charge in [-0.3, -0.25) is 9.59 Å². The van der Waals surface area contributed by atoms with E-state index >= 15 is 0 Å². The van der Waals surface area contributed by atoms with Crippen LogP contribution in [0, 0.1) is 5.41 Å². The smallest absolute Gasteiger partial charge is 0.243 e. The molecular formula is C15H28N2O2S2. The largest absolute Gasteiger partial charge is 0.354 e. The minimum Gasteiger partial charge on any atom is -0.354 e. The van der Waals surface area contributed by atoms with E-state index in [9.17, 15) is 9.59 Å². The third-order valence-corrected chi connectivity index (χ3v) is 6.29.